The van der Waals surface area contributed by atoms with E-state index in [0.717, 1.165) is 36.6 Å². The summed E-state index contributed by atoms with van der Waals surface area (Å²) in [5.74, 6) is 3.71. The van der Waals surface area contributed by atoms with Gasteiger partial charge in [0.1, 0.15) is 0 Å². The van der Waals surface area contributed by atoms with E-state index in [1.165, 1.54) is 30.4 Å². The average Bonchev–Trinajstić information content (AvgIpc) is 2.91. The van der Waals surface area contributed by atoms with Gasteiger partial charge in [-0.3, -0.25) is 4.79 Å². The van der Waals surface area contributed by atoms with Crippen molar-refractivity contribution in [1.82, 2.24) is 10.6 Å². The van der Waals surface area contributed by atoms with E-state index >= 15 is 0 Å². The lowest BCUT2D eigenvalue weighted by Gasteiger charge is -2.25. The van der Waals surface area contributed by atoms with Crippen LogP contribution in [0.4, 0.5) is 0 Å². The second kappa shape index (κ2) is 4.33. The molecule has 1 aliphatic heterocycles. The largest absolute Gasteiger partial charge is 0.351 e. The van der Waals surface area contributed by atoms with Crippen molar-refractivity contribution in [2.75, 3.05) is 0 Å². The molecule has 2 N–H and O–H groups in total. The number of carbonyl (C=O) groups excluding carboxylic acids is 1. The number of rotatable bonds is 2. The molecule has 0 radical (unpaired) electrons. The van der Waals surface area contributed by atoms with Crippen LogP contribution in [0, 0.1) is 23.7 Å². The molecule has 4 aliphatic rings. The van der Waals surface area contributed by atoms with Crippen molar-refractivity contribution in [3.8, 4) is 0 Å². The van der Waals surface area contributed by atoms with Crippen molar-refractivity contribution >= 4 is 5.91 Å². The molecule has 0 aromatic heterocycles. The van der Waals surface area contributed by atoms with Crippen LogP contribution in [0.15, 0.2) is 24.3 Å². The third-order valence-electron chi connectivity index (χ3n) is 6.44. The Balaban J connectivity index is 1.25. The quantitative estimate of drug-likeness (QED) is 0.869. The van der Waals surface area contributed by atoms with Gasteiger partial charge in [0.2, 0.25) is 5.91 Å². The highest BCUT2D eigenvalue weighted by Crippen LogP contribution is 2.65. The maximum absolute atomic E-state index is 12.5. The third kappa shape index (κ3) is 1.80. The molecule has 5 rings (SSSR count). The second-order valence-electron chi connectivity index (χ2n) is 7.43. The molecule has 5 atom stereocenters. The van der Waals surface area contributed by atoms with Gasteiger partial charge in [0.15, 0.2) is 0 Å². The molecule has 0 spiro atoms. The van der Waals surface area contributed by atoms with Gasteiger partial charge in [0, 0.05) is 12.6 Å². The summed E-state index contributed by atoms with van der Waals surface area (Å²) in [5.41, 5.74) is 2.66. The topological polar surface area (TPSA) is 41.1 Å². The fraction of sp³-hybridized carbons (Fsp3) is 0.611. The molecule has 1 heterocycles. The highest BCUT2D eigenvalue weighted by atomic mass is 16.2. The van der Waals surface area contributed by atoms with Gasteiger partial charge >= 0.3 is 0 Å². The van der Waals surface area contributed by atoms with Crippen molar-refractivity contribution in [2.45, 2.75) is 44.3 Å². The van der Waals surface area contributed by atoms with E-state index in [2.05, 4.69) is 34.9 Å². The predicted molar refractivity (Wildman–Crippen MR) is 80.5 cm³/mol. The van der Waals surface area contributed by atoms with Crippen LogP contribution in [0.2, 0.25) is 0 Å². The van der Waals surface area contributed by atoms with E-state index in [4.69, 9.17) is 0 Å². The van der Waals surface area contributed by atoms with Crippen LogP contribution < -0.4 is 10.6 Å². The Bertz CT molecular complexity index is 583. The summed E-state index contributed by atoms with van der Waals surface area (Å²) in [4.78, 5) is 12.5. The first-order valence-electron chi connectivity index (χ1n) is 8.42. The zero-order valence-electron chi connectivity index (χ0n) is 12.2. The van der Waals surface area contributed by atoms with Crippen molar-refractivity contribution in [2.24, 2.45) is 23.7 Å². The SMILES string of the molecule is O=C(NC1C2C3CCC(C3)C12)C1Cc2ccccc2CN1. The number of hydrogen-bond acceptors (Lipinski definition) is 2. The fourth-order valence-electron chi connectivity index (χ4n) is 5.42. The molecule has 3 aliphatic carbocycles. The molecule has 21 heavy (non-hydrogen) atoms. The van der Waals surface area contributed by atoms with E-state index < -0.39 is 0 Å². The molecule has 3 nitrogen and oxygen atoms in total. The van der Waals surface area contributed by atoms with E-state index in [-0.39, 0.29) is 11.9 Å². The first-order chi connectivity index (χ1) is 10.3. The molecule has 1 amide bonds. The van der Waals surface area contributed by atoms with Crippen LogP contribution in [0.1, 0.15) is 30.4 Å². The van der Waals surface area contributed by atoms with Crippen LogP contribution in [0.5, 0.6) is 0 Å². The van der Waals surface area contributed by atoms with Gasteiger partial charge < -0.3 is 10.6 Å². The van der Waals surface area contributed by atoms with Crippen LogP contribution in [0.25, 0.3) is 0 Å². The Morgan fingerprint density at radius 2 is 1.81 bits per heavy atom. The molecule has 110 valence electrons. The lowest BCUT2D eigenvalue weighted by Crippen LogP contribution is -2.49. The van der Waals surface area contributed by atoms with Crippen LogP contribution >= 0.6 is 0 Å². The zero-order chi connectivity index (χ0) is 14.0. The summed E-state index contributed by atoms with van der Waals surface area (Å²) in [7, 11) is 0. The molecular formula is C18H22N2O. The maximum Gasteiger partial charge on any atom is 0.237 e. The Labute approximate surface area is 125 Å². The van der Waals surface area contributed by atoms with E-state index in [1.807, 2.05) is 0 Å². The third-order valence-corrected chi connectivity index (χ3v) is 6.44. The summed E-state index contributed by atoms with van der Waals surface area (Å²) in [5, 5.41) is 6.76. The van der Waals surface area contributed by atoms with Gasteiger partial charge in [0.25, 0.3) is 0 Å². The van der Waals surface area contributed by atoms with Crippen LogP contribution in [-0.2, 0) is 17.8 Å². The lowest BCUT2D eigenvalue weighted by molar-refractivity contribution is -0.123. The molecule has 0 saturated heterocycles. The van der Waals surface area contributed by atoms with Gasteiger partial charge in [-0.25, -0.2) is 0 Å². The molecule has 2 bridgehead atoms. The zero-order valence-corrected chi connectivity index (χ0v) is 12.2. The molecule has 1 aromatic rings. The minimum Gasteiger partial charge on any atom is -0.351 e. The number of benzene rings is 1. The standard InChI is InChI=1S/C18H22N2O/c21-18(14-8-10-3-1-2-4-13(10)9-19-14)20-17-15-11-5-6-12(7-11)16(15)17/h1-4,11-12,14-17,19H,5-9H2,(H,20,21). The number of fused-ring (bicyclic) bond motifs is 6. The number of hydrogen-bond donors (Lipinski definition) is 2. The van der Waals surface area contributed by atoms with Gasteiger partial charge in [-0.2, -0.15) is 0 Å². The average molecular weight is 282 g/mol. The molecular weight excluding hydrogens is 260 g/mol. The molecule has 3 heteroatoms. The fourth-order valence-corrected chi connectivity index (χ4v) is 5.42. The van der Waals surface area contributed by atoms with Gasteiger partial charge in [-0.15, -0.1) is 0 Å². The van der Waals surface area contributed by atoms with Gasteiger partial charge in [-0.05, 0) is 60.5 Å². The minimum absolute atomic E-state index is 0.0427. The Hall–Kier alpha value is -1.35. The molecule has 1 aromatic carbocycles. The first-order valence-corrected chi connectivity index (χ1v) is 8.42. The van der Waals surface area contributed by atoms with Crippen molar-refractivity contribution < 1.29 is 4.79 Å². The van der Waals surface area contributed by atoms with Gasteiger partial charge in [-0.1, -0.05) is 24.3 Å². The number of carbonyl (C=O) groups is 1. The first kappa shape index (κ1) is 12.2. The molecule has 3 fully saturated rings. The van der Waals surface area contributed by atoms with E-state index in [0.29, 0.717) is 6.04 Å². The van der Waals surface area contributed by atoms with Crippen molar-refractivity contribution in [3.05, 3.63) is 35.4 Å². The number of nitrogens with one attached hydrogen (secondary N) is 2. The molecule has 5 unspecified atom stereocenters. The second-order valence-corrected chi connectivity index (χ2v) is 7.43. The highest BCUT2D eigenvalue weighted by Gasteiger charge is 2.65. The van der Waals surface area contributed by atoms with Crippen LogP contribution in [-0.4, -0.2) is 18.0 Å². The summed E-state index contributed by atoms with van der Waals surface area (Å²) in [6.45, 7) is 0.817. The Morgan fingerprint density at radius 3 is 2.57 bits per heavy atom. The Kier molecular flexibility index (Phi) is 2.52. The highest BCUT2D eigenvalue weighted by molar-refractivity contribution is 5.83. The van der Waals surface area contributed by atoms with Crippen LogP contribution in [0.3, 0.4) is 0 Å². The summed E-state index contributed by atoms with van der Waals surface area (Å²) < 4.78 is 0. The van der Waals surface area contributed by atoms with E-state index in [1.54, 1.807) is 0 Å². The van der Waals surface area contributed by atoms with E-state index in [9.17, 15) is 4.79 Å². The predicted octanol–water partition coefficient (Wildman–Crippen LogP) is 1.86. The maximum atomic E-state index is 12.5. The van der Waals surface area contributed by atoms with Crippen molar-refractivity contribution in [3.63, 3.8) is 0 Å². The normalized spacial score (nSPS) is 42.3. The summed E-state index contributed by atoms with van der Waals surface area (Å²) in [6.07, 6.45) is 5.09. The summed E-state index contributed by atoms with van der Waals surface area (Å²) >= 11 is 0. The Morgan fingerprint density at radius 1 is 1.10 bits per heavy atom. The smallest absolute Gasteiger partial charge is 0.237 e. The van der Waals surface area contributed by atoms with Crippen molar-refractivity contribution in [1.29, 1.82) is 0 Å². The minimum atomic E-state index is -0.0427. The lowest BCUT2D eigenvalue weighted by atomic mass is 9.95. The number of amides is 1. The summed E-state index contributed by atoms with van der Waals surface area (Å²) in [6, 6.07) is 8.91. The van der Waals surface area contributed by atoms with Gasteiger partial charge in [0.05, 0.1) is 6.04 Å². The molecule has 3 saturated carbocycles. The monoisotopic (exact) mass is 282 g/mol.